The highest BCUT2D eigenvalue weighted by atomic mass is 15.1. The maximum atomic E-state index is 3.69. The second-order valence-corrected chi connectivity index (χ2v) is 12.0. The summed E-state index contributed by atoms with van der Waals surface area (Å²) < 4.78 is 0. The Balaban J connectivity index is 1.26. The SMILES string of the molecule is c1ccc(-c2cccc(Nc3cccc(N(c4cc(-c5ccccc5)cc(-c5ccccc5)c4)c4ccc5ccccc5c4)c3)c2)cc1. The number of rotatable bonds is 8. The molecule has 2 nitrogen and oxygen atoms in total. The summed E-state index contributed by atoms with van der Waals surface area (Å²) in [5.74, 6) is 0. The summed E-state index contributed by atoms with van der Waals surface area (Å²) >= 11 is 0. The molecule has 0 radical (unpaired) electrons. The van der Waals surface area contributed by atoms with Crippen molar-refractivity contribution in [3.05, 3.63) is 200 Å². The Morgan fingerprint density at radius 1 is 0.271 bits per heavy atom. The highest BCUT2D eigenvalue weighted by Crippen LogP contribution is 2.41. The summed E-state index contributed by atoms with van der Waals surface area (Å²) in [5, 5.41) is 6.11. The smallest absolute Gasteiger partial charge is 0.0482 e. The molecule has 0 atom stereocenters. The van der Waals surface area contributed by atoms with Crippen LogP contribution >= 0.6 is 0 Å². The van der Waals surface area contributed by atoms with E-state index in [1.807, 2.05) is 0 Å². The first-order chi connectivity index (χ1) is 23.8. The van der Waals surface area contributed by atoms with E-state index in [4.69, 9.17) is 0 Å². The Morgan fingerprint density at radius 3 is 1.42 bits per heavy atom. The first-order valence-electron chi connectivity index (χ1n) is 16.3. The number of nitrogens with zero attached hydrogens (tertiary/aromatic N) is 1. The highest BCUT2D eigenvalue weighted by Gasteiger charge is 2.17. The van der Waals surface area contributed by atoms with Crippen LogP contribution in [0.5, 0.6) is 0 Å². The van der Waals surface area contributed by atoms with Crippen LogP contribution in [0, 0.1) is 0 Å². The van der Waals surface area contributed by atoms with Gasteiger partial charge in [0.2, 0.25) is 0 Å². The molecule has 2 heteroatoms. The van der Waals surface area contributed by atoms with Gasteiger partial charge in [0.1, 0.15) is 0 Å². The molecule has 0 heterocycles. The van der Waals surface area contributed by atoms with Gasteiger partial charge in [0.05, 0.1) is 0 Å². The van der Waals surface area contributed by atoms with E-state index in [9.17, 15) is 0 Å². The number of benzene rings is 8. The molecule has 0 aliphatic rings. The molecule has 8 rings (SSSR count). The highest BCUT2D eigenvalue weighted by molar-refractivity contribution is 5.91. The monoisotopic (exact) mass is 614 g/mol. The van der Waals surface area contributed by atoms with Crippen LogP contribution < -0.4 is 10.2 Å². The number of hydrogen-bond acceptors (Lipinski definition) is 2. The van der Waals surface area contributed by atoms with Gasteiger partial charge in [-0.2, -0.15) is 0 Å². The van der Waals surface area contributed by atoms with Crippen molar-refractivity contribution in [2.24, 2.45) is 0 Å². The lowest BCUT2D eigenvalue weighted by molar-refractivity contribution is 1.29. The molecule has 0 aliphatic heterocycles. The molecule has 1 N–H and O–H groups in total. The molecule has 8 aromatic rings. The van der Waals surface area contributed by atoms with Crippen LogP contribution in [0.15, 0.2) is 200 Å². The summed E-state index contributed by atoms with van der Waals surface area (Å²) in [4.78, 5) is 2.37. The van der Waals surface area contributed by atoms with E-state index < -0.39 is 0 Å². The third kappa shape index (κ3) is 6.20. The van der Waals surface area contributed by atoms with E-state index in [1.165, 1.54) is 44.2 Å². The number of hydrogen-bond donors (Lipinski definition) is 1. The first kappa shape index (κ1) is 29.1. The largest absolute Gasteiger partial charge is 0.355 e. The minimum Gasteiger partial charge on any atom is -0.355 e. The fraction of sp³-hybridized carbons (Fsp3) is 0. The molecule has 0 aromatic heterocycles. The van der Waals surface area contributed by atoms with E-state index in [0.29, 0.717) is 0 Å². The van der Waals surface area contributed by atoms with Crippen molar-refractivity contribution >= 4 is 39.2 Å². The summed E-state index contributed by atoms with van der Waals surface area (Å²) in [5.41, 5.74) is 12.4. The third-order valence-electron chi connectivity index (χ3n) is 8.74. The topological polar surface area (TPSA) is 15.3 Å². The van der Waals surface area contributed by atoms with Gasteiger partial charge in [0.15, 0.2) is 0 Å². The van der Waals surface area contributed by atoms with E-state index in [0.717, 1.165) is 28.4 Å². The molecule has 0 unspecified atom stereocenters. The molecule has 8 aromatic carbocycles. The van der Waals surface area contributed by atoms with Crippen molar-refractivity contribution in [1.29, 1.82) is 0 Å². The minimum atomic E-state index is 1.02. The molecular weight excluding hydrogens is 581 g/mol. The lowest BCUT2D eigenvalue weighted by Crippen LogP contribution is -2.10. The van der Waals surface area contributed by atoms with Gasteiger partial charge in [0.25, 0.3) is 0 Å². The molecule has 0 saturated carbocycles. The molecular formula is C46H34N2. The number of nitrogens with one attached hydrogen (secondary N) is 1. The molecule has 0 spiro atoms. The predicted molar refractivity (Wildman–Crippen MR) is 205 cm³/mol. The lowest BCUT2D eigenvalue weighted by atomic mass is 9.97. The van der Waals surface area contributed by atoms with Gasteiger partial charge in [-0.1, -0.05) is 140 Å². The minimum absolute atomic E-state index is 1.02. The summed E-state index contributed by atoms with van der Waals surface area (Å²) in [6.45, 7) is 0. The Bertz CT molecular complexity index is 2250. The van der Waals surface area contributed by atoms with Crippen molar-refractivity contribution in [2.75, 3.05) is 10.2 Å². The average molecular weight is 615 g/mol. The standard InChI is InChI=1S/C46H34N2/c1-4-14-34(15-5-1)38-22-12-23-42(29-38)47-43-24-13-25-44(33-43)48(45-27-26-37-20-10-11-21-39(37)30-45)46-31-40(35-16-6-2-7-17-35)28-41(32-46)36-18-8-3-9-19-36/h1-33,47H. The summed E-state index contributed by atoms with van der Waals surface area (Å²) in [7, 11) is 0. The van der Waals surface area contributed by atoms with Gasteiger partial charge < -0.3 is 10.2 Å². The zero-order valence-corrected chi connectivity index (χ0v) is 26.5. The second kappa shape index (κ2) is 13.2. The van der Waals surface area contributed by atoms with Crippen LogP contribution in [0.1, 0.15) is 0 Å². The number of anilines is 5. The lowest BCUT2D eigenvalue weighted by Gasteiger charge is -2.28. The molecule has 0 aliphatic carbocycles. The van der Waals surface area contributed by atoms with Crippen LogP contribution in [0.4, 0.5) is 28.4 Å². The first-order valence-corrected chi connectivity index (χ1v) is 16.3. The molecule has 0 fully saturated rings. The Morgan fingerprint density at radius 2 is 0.771 bits per heavy atom. The molecule has 48 heavy (non-hydrogen) atoms. The molecule has 228 valence electrons. The van der Waals surface area contributed by atoms with E-state index in [1.54, 1.807) is 0 Å². The Kier molecular flexibility index (Phi) is 7.96. The Hall–Kier alpha value is -6.38. The fourth-order valence-electron chi connectivity index (χ4n) is 6.39. The van der Waals surface area contributed by atoms with Crippen molar-refractivity contribution in [2.45, 2.75) is 0 Å². The van der Waals surface area contributed by atoms with E-state index >= 15 is 0 Å². The fourth-order valence-corrected chi connectivity index (χ4v) is 6.39. The van der Waals surface area contributed by atoms with Gasteiger partial charge in [-0.15, -0.1) is 0 Å². The maximum absolute atomic E-state index is 3.69. The van der Waals surface area contributed by atoms with Gasteiger partial charge >= 0.3 is 0 Å². The second-order valence-electron chi connectivity index (χ2n) is 12.0. The number of fused-ring (bicyclic) bond motifs is 1. The Labute approximate surface area is 282 Å². The van der Waals surface area contributed by atoms with Crippen molar-refractivity contribution in [3.63, 3.8) is 0 Å². The van der Waals surface area contributed by atoms with Crippen molar-refractivity contribution in [1.82, 2.24) is 0 Å². The normalized spacial score (nSPS) is 10.9. The van der Waals surface area contributed by atoms with Crippen molar-refractivity contribution < 1.29 is 0 Å². The molecule has 0 bridgehead atoms. The molecule has 0 amide bonds. The van der Waals surface area contributed by atoms with Crippen LogP contribution in [-0.2, 0) is 0 Å². The van der Waals surface area contributed by atoms with Gasteiger partial charge in [-0.3, -0.25) is 0 Å². The van der Waals surface area contributed by atoms with Gasteiger partial charge in [0, 0.05) is 28.4 Å². The summed E-state index contributed by atoms with van der Waals surface area (Å²) in [6, 6.07) is 71.3. The van der Waals surface area contributed by atoms with Crippen LogP contribution in [0.3, 0.4) is 0 Å². The van der Waals surface area contributed by atoms with Crippen LogP contribution in [0.25, 0.3) is 44.2 Å². The van der Waals surface area contributed by atoms with Gasteiger partial charge in [-0.25, -0.2) is 0 Å². The van der Waals surface area contributed by atoms with Gasteiger partial charge in [-0.05, 0) is 105 Å². The van der Waals surface area contributed by atoms with E-state index in [-0.39, 0.29) is 0 Å². The zero-order chi connectivity index (χ0) is 32.1. The van der Waals surface area contributed by atoms with Crippen molar-refractivity contribution in [3.8, 4) is 33.4 Å². The maximum Gasteiger partial charge on any atom is 0.0482 e. The third-order valence-corrected chi connectivity index (χ3v) is 8.74. The van der Waals surface area contributed by atoms with Crippen LogP contribution in [-0.4, -0.2) is 0 Å². The average Bonchev–Trinajstić information content (AvgIpc) is 3.16. The zero-order valence-electron chi connectivity index (χ0n) is 26.5. The summed E-state index contributed by atoms with van der Waals surface area (Å²) in [6.07, 6.45) is 0. The predicted octanol–water partition coefficient (Wildman–Crippen LogP) is 13.1. The van der Waals surface area contributed by atoms with E-state index in [2.05, 4.69) is 210 Å². The van der Waals surface area contributed by atoms with Crippen LogP contribution in [0.2, 0.25) is 0 Å². The molecule has 0 saturated heterocycles. The quantitative estimate of drug-likeness (QED) is 0.183.